The van der Waals surface area contributed by atoms with E-state index in [1.165, 1.54) is 0 Å². The van der Waals surface area contributed by atoms with Gasteiger partial charge < -0.3 is 10.5 Å². The molecule has 1 aliphatic heterocycles. The number of allylic oxidation sites excluding steroid dienone is 1. The molecule has 0 fully saturated rings. The molecule has 16 heavy (non-hydrogen) atoms. The second-order valence-electron chi connectivity index (χ2n) is 4.90. The van der Waals surface area contributed by atoms with Crippen molar-refractivity contribution < 1.29 is 4.74 Å². The number of hydrogen-bond acceptors (Lipinski definition) is 2. The summed E-state index contributed by atoms with van der Waals surface area (Å²) < 4.78 is 6.05. The summed E-state index contributed by atoms with van der Waals surface area (Å²) in [6.45, 7) is 4.21. The van der Waals surface area contributed by atoms with E-state index in [0.717, 1.165) is 36.3 Å². The van der Waals surface area contributed by atoms with Crippen LogP contribution in [0.2, 0.25) is 0 Å². The fraction of sp³-hybridized carbons (Fsp3) is 0.429. The summed E-state index contributed by atoms with van der Waals surface area (Å²) in [4.78, 5) is 0. The fourth-order valence-corrected chi connectivity index (χ4v) is 2.00. The lowest BCUT2D eigenvalue weighted by Gasteiger charge is -2.26. The van der Waals surface area contributed by atoms with Gasteiger partial charge >= 0.3 is 0 Å². The maximum Gasteiger partial charge on any atom is 0.125 e. The predicted octanol–water partition coefficient (Wildman–Crippen LogP) is 3.32. The molecular formula is C14H19NO. The molecular weight excluding hydrogens is 198 g/mol. The summed E-state index contributed by atoms with van der Waals surface area (Å²) in [6.07, 6.45) is 7.32. The summed E-state index contributed by atoms with van der Waals surface area (Å²) in [5.41, 5.74) is 7.81. The van der Waals surface area contributed by atoms with E-state index in [-0.39, 0.29) is 5.60 Å². The Morgan fingerprint density at radius 3 is 2.88 bits per heavy atom. The van der Waals surface area contributed by atoms with Crippen molar-refractivity contribution in [3.63, 3.8) is 0 Å². The number of ether oxygens (including phenoxy) is 1. The van der Waals surface area contributed by atoms with Gasteiger partial charge in [-0.3, -0.25) is 0 Å². The minimum Gasteiger partial charge on any atom is -0.487 e. The second kappa shape index (κ2) is 4.20. The molecule has 2 N–H and O–H groups in total. The Kier molecular flexibility index (Phi) is 2.90. The van der Waals surface area contributed by atoms with Crippen LogP contribution in [-0.4, -0.2) is 5.60 Å². The van der Waals surface area contributed by atoms with Crippen LogP contribution in [0, 0.1) is 0 Å². The molecule has 0 saturated carbocycles. The summed E-state index contributed by atoms with van der Waals surface area (Å²) >= 11 is 0. The molecule has 1 heterocycles. The van der Waals surface area contributed by atoms with Crippen LogP contribution in [0.4, 0.5) is 5.69 Å². The molecule has 0 spiro atoms. The molecule has 0 saturated heterocycles. The molecule has 1 aromatic rings. The van der Waals surface area contributed by atoms with E-state index in [2.05, 4.69) is 26.0 Å². The molecule has 2 nitrogen and oxygen atoms in total. The molecule has 2 rings (SSSR count). The highest BCUT2D eigenvalue weighted by atomic mass is 16.5. The van der Waals surface area contributed by atoms with Gasteiger partial charge in [-0.1, -0.05) is 18.2 Å². The number of rotatable bonds is 0. The first kappa shape index (κ1) is 11.1. The number of hydrogen-bond donors (Lipinski definition) is 1. The molecule has 0 amide bonds. The molecule has 86 valence electrons. The first-order valence-electron chi connectivity index (χ1n) is 5.80. The molecule has 1 aliphatic rings. The van der Waals surface area contributed by atoms with Gasteiger partial charge in [-0.25, -0.2) is 0 Å². The summed E-state index contributed by atoms with van der Waals surface area (Å²) in [5, 5.41) is 0. The van der Waals surface area contributed by atoms with Crippen molar-refractivity contribution in [3.8, 4) is 5.75 Å². The van der Waals surface area contributed by atoms with Gasteiger partial charge in [0, 0.05) is 17.7 Å². The zero-order chi connectivity index (χ0) is 11.6. The van der Waals surface area contributed by atoms with Gasteiger partial charge in [0.1, 0.15) is 11.4 Å². The van der Waals surface area contributed by atoms with Gasteiger partial charge in [-0.05, 0) is 38.8 Å². The Balaban J connectivity index is 2.40. The highest BCUT2D eigenvalue weighted by Gasteiger charge is 2.21. The number of nitrogens with two attached hydrogens (primary N) is 1. The fourth-order valence-electron chi connectivity index (χ4n) is 2.00. The van der Waals surface area contributed by atoms with Crippen molar-refractivity contribution in [2.45, 2.75) is 38.7 Å². The normalized spacial score (nSPS) is 20.9. The SMILES string of the molecule is CC1(C)C/C=C\CCc2c(N)cccc2O1. The van der Waals surface area contributed by atoms with Crippen LogP contribution in [0.3, 0.4) is 0 Å². The molecule has 0 unspecified atom stereocenters. The summed E-state index contributed by atoms with van der Waals surface area (Å²) in [5.74, 6) is 0.939. The van der Waals surface area contributed by atoms with Gasteiger partial charge in [0.05, 0.1) is 0 Å². The van der Waals surface area contributed by atoms with Crippen molar-refractivity contribution in [1.29, 1.82) is 0 Å². The highest BCUT2D eigenvalue weighted by Crippen LogP contribution is 2.31. The lowest BCUT2D eigenvalue weighted by molar-refractivity contribution is 0.112. The van der Waals surface area contributed by atoms with Crippen LogP contribution in [0.15, 0.2) is 30.4 Å². The Hall–Kier alpha value is -1.44. The summed E-state index contributed by atoms with van der Waals surface area (Å²) in [7, 11) is 0. The van der Waals surface area contributed by atoms with Crippen molar-refractivity contribution in [1.82, 2.24) is 0 Å². The average molecular weight is 217 g/mol. The van der Waals surface area contributed by atoms with Crippen molar-refractivity contribution >= 4 is 5.69 Å². The Bertz CT molecular complexity index is 407. The van der Waals surface area contributed by atoms with Crippen LogP contribution in [0.25, 0.3) is 0 Å². The van der Waals surface area contributed by atoms with Gasteiger partial charge in [-0.2, -0.15) is 0 Å². The summed E-state index contributed by atoms with van der Waals surface area (Å²) in [6, 6.07) is 5.91. The number of nitrogen functional groups attached to an aromatic ring is 1. The molecule has 0 bridgehead atoms. The lowest BCUT2D eigenvalue weighted by atomic mass is 10.0. The van der Waals surface area contributed by atoms with E-state index in [1.54, 1.807) is 0 Å². The molecule has 0 aromatic heterocycles. The molecule has 2 heteroatoms. The lowest BCUT2D eigenvalue weighted by Crippen LogP contribution is -2.27. The first-order chi connectivity index (χ1) is 7.58. The first-order valence-corrected chi connectivity index (χ1v) is 5.80. The van der Waals surface area contributed by atoms with E-state index >= 15 is 0 Å². The molecule has 0 radical (unpaired) electrons. The molecule has 0 atom stereocenters. The van der Waals surface area contributed by atoms with Crippen molar-refractivity contribution in [3.05, 3.63) is 35.9 Å². The Morgan fingerprint density at radius 1 is 1.25 bits per heavy atom. The third-order valence-electron chi connectivity index (χ3n) is 2.89. The van der Waals surface area contributed by atoms with E-state index in [1.807, 2.05) is 18.2 Å². The standard InChI is InChI=1S/C14H19NO/c1-14(2)10-5-3-4-7-11-12(15)8-6-9-13(11)16-14/h3,5-6,8-9H,4,7,10,15H2,1-2H3/b5-3-. The van der Waals surface area contributed by atoms with Crippen LogP contribution < -0.4 is 10.5 Å². The third kappa shape index (κ3) is 2.38. The predicted molar refractivity (Wildman–Crippen MR) is 67.6 cm³/mol. The van der Waals surface area contributed by atoms with Crippen LogP contribution in [0.1, 0.15) is 32.3 Å². The number of fused-ring (bicyclic) bond motifs is 1. The molecule has 1 aromatic carbocycles. The smallest absolute Gasteiger partial charge is 0.125 e. The Labute approximate surface area is 97.1 Å². The largest absolute Gasteiger partial charge is 0.487 e. The van der Waals surface area contributed by atoms with Gasteiger partial charge in [0.25, 0.3) is 0 Å². The Morgan fingerprint density at radius 2 is 2.06 bits per heavy atom. The third-order valence-corrected chi connectivity index (χ3v) is 2.89. The zero-order valence-electron chi connectivity index (χ0n) is 9.99. The maximum absolute atomic E-state index is 6.05. The van der Waals surface area contributed by atoms with Gasteiger partial charge in [-0.15, -0.1) is 0 Å². The van der Waals surface area contributed by atoms with E-state index in [4.69, 9.17) is 10.5 Å². The maximum atomic E-state index is 6.05. The van der Waals surface area contributed by atoms with Gasteiger partial charge in [0.15, 0.2) is 0 Å². The van der Waals surface area contributed by atoms with Crippen molar-refractivity contribution in [2.24, 2.45) is 0 Å². The molecule has 0 aliphatic carbocycles. The van der Waals surface area contributed by atoms with Crippen LogP contribution in [0.5, 0.6) is 5.75 Å². The second-order valence-corrected chi connectivity index (χ2v) is 4.90. The van der Waals surface area contributed by atoms with Crippen molar-refractivity contribution in [2.75, 3.05) is 5.73 Å². The minimum atomic E-state index is -0.163. The zero-order valence-corrected chi connectivity index (χ0v) is 9.99. The minimum absolute atomic E-state index is 0.163. The highest BCUT2D eigenvalue weighted by molar-refractivity contribution is 5.54. The average Bonchev–Trinajstić information content (AvgIpc) is 2.26. The monoisotopic (exact) mass is 217 g/mol. The van der Waals surface area contributed by atoms with E-state index < -0.39 is 0 Å². The van der Waals surface area contributed by atoms with Gasteiger partial charge in [0.2, 0.25) is 0 Å². The van der Waals surface area contributed by atoms with Crippen LogP contribution >= 0.6 is 0 Å². The van der Waals surface area contributed by atoms with E-state index in [0.29, 0.717) is 0 Å². The number of anilines is 1. The quantitative estimate of drug-likeness (QED) is 0.534. The van der Waals surface area contributed by atoms with E-state index in [9.17, 15) is 0 Å². The number of benzene rings is 1. The topological polar surface area (TPSA) is 35.2 Å². The van der Waals surface area contributed by atoms with Crippen LogP contribution in [-0.2, 0) is 6.42 Å².